The van der Waals surface area contributed by atoms with Gasteiger partial charge in [-0.05, 0) is 38.1 Å². The first-order valence-electron chi connectivity index (χ1n) is 9.69. The van der Waals surface area contributed by atoms with Crippen LogP contribution < -0.4 is 9.88 Å². The topological polar surface area (TPSA) is 15.9 Å². The van der Waals surface area contributed by atoms with E-state index < -0.39 is 0 Å². The summed E-state index contributed by atoms with van der Waals surface area (Å²) >= 11 is 1.80. The van der Waals surface area contributed by atoms with Crippen molar-refractivity contribution >= 4 is 33.3 Å². The zero-order valence-electron chi connectivity index (χ0n) is 17.2. The lowest BCUT2D eigenvalue weighted by atomic mass is 10.2. The van der Waals surface area contributed by atoms with Gasteiger partial charge in [0.2, 0.25) is 5.52 Å². The lowest BCUT2D eigenvalue weighted by Gasteiger charge is -1.97. The molecule has 0 fully saturated rings. The summed E-state index contributed by atoms with van der Waals surface area (Å²) < 4.78 is 3.53. The van der Waals surface area contributed by atoms with Crippen LogP contribution >= 0.6 is 11.3 Å². The molecule has 0 saturated heterocycles. The minimum atomic E-state index is 1.09. The van der Waals surface area contributed by atoms with Crippen molar-refractivity contribution < 1.29 is 4.57 Å². The van der Waals surface area contributed by atoms with Crippen LogP contribution in [-0.2, 0) is 7.05 Å². The summed E-state index contributed by atoms with van der Waals surface area (Å²) in [7, 11) is 2.10. The normalized spacial score (nSPS) is 11.0. The van der Waals surface area contributed by atoms with Gasteiger partial charge in [-0.3, -0.25) is 0 Å². The summed E-state index contributed by atoms with van der Waals surface area (Å²) in [6.07, 6.45) is 8.14. The van der Waals surface area contributed by atoms with E-state index in [-0.39, 0.29) is 0 Å². The van der Waals surface area contributed by atoms with Crippen molar-refractivity contribution in [3.63, 3.8) is 0 Å². The Morgan fingerprint density at radius 1 is 0.759 bits per heavy atom. The van der Waals surface area contributed by atoms with E-state index in [1.165, 1.54) is 26.4 Å². The maximum absolute atomic E-state index is 3.24. The predicted octanol–water partition coefficient (Wildman–Crippen LogP) is 6.67. The number of nitrogens with one attached hydrogen (secondary N) is 1. The van der Waals surface area contributed by atoms with E-state index in [1.807, 2.05) is 42.6 Å². The van der Waals surface area contributed by atoms with E-state index in [2.05, 4.69) is 91.5 Å². The van der Waals surface area contributed by atoms with Crippen molar-refractivity contribution in [3.05, 3.63) is 113 Å². The third-order valence-electron chi connectivity index (χ3n) is 4.46. The Kier molecular flexibility index (Phi) is 7.37. The van der Waals surface area contributed by atoms with E-state index in [1.54, 1.807) is 11.3 Å². The van der Waals surface area contributed by atoms with Gasteiger partial charge in [0.1, 0.15) is 11.7 Å². The molecule has 0 aliphatic heterocycles. The van der Waals surface area contributed by atoms with E-state index >= 15 is 0 Å². The molecule has 4 aromatic rings. The Morgan fingerprint density at radius 3 is 2.03 bits per heavy atom. The Morgan fingerprint density at radius 2 is 1.38 bits per heavy atom. The second kappa shape index (κ2) is 10.4. The van der Waals surface area contributed by atoms with Gasteiger partial charge in [-0.15, -0.1) is 0 Å². The predicted molar refractivity (Wildman–Crippen MR) is 127 cm³/mol. The molecule has 0 aliphatic rings. The number of allylic oxidation sites excluding steroid dienone is 2. The number of para-hydroxylation sites is 2. The van der Waals surface area contributed by atoms with Gasteiger partial charge in [0, 0.05) is 24.0 Å². The monoisotopic (exact) mass is 399 g/mol. The largest absolute Gasteiger partial charge is 0.362 e. The van der Waals surface area contributed by atoms with Crippen LogP contribution in [0, 0.1) is 13.8 Å². The van der Waals surface area contributed by atoms with Crippen molar-refractivity contribution in [2.24, 2.45) is 7.05 Å². The smallest absolute Gasteiger partial charge is 0.262 e. The molecule has 1 heterocycles. The van der Waals surface area contributed by atoms with Crippen LogP contribution in [0.2, 0.25) is 0 Å². The highest BCUT2D eigenvalue weighted by Gasteiger charge is 2.12. The molecule has 0 aliphatic carbocycles. The number of anilines is 1. The zero-order valence-corrected chi connectivity index (χ0v) is 18.0. The fourth-order valence-electron chi connectivity index (χ4n) is 2.78. The van der Waals surface area contributed by atoms with Gasteiger partial charge in [-0.2, -0.15) is 4.57 Å². The second-order valence-corrected chi connectivity index (χ2v) is 7.91. The van der Waals surface area contributed by atoms with Gasteiger partial charge >= 0.3 is 0 Å². The molecule has 2 nitrogen and oxygen atoms in total. The highest BCUT2D eigenvalue weighted by atomic mass is 32.1. The van der Waals surface area contributed by atoms with Gasteiger partial charge in [-0.1, -0.05) is 83.1 Å². The van der Waals surface area contributed by atoms with Crippen molar-refractivity contribution in [1.29, 1.82) is 0 Å². The van der Waals surface area contributed by atoms with Gasteiger partial charge in [-0.25, -0.2) is 0 Å². The molecule has 0 bridgehead atoms. The molecular weight excluding hydrogens is 372 g/mol. The third kappa shape index (κ3) is 6.16. The fourth-order valence-corrected chi connectivity index (χ4v) is 3.84. The summed E-state index contributed by atoms with van der Waals surface area (Å²) in [4.78, 5) is 0. The summed E-state index contributed by atoms with van der Waals surface area (Å²) in [5.41, 5.74) is 5.02. The number of fused-ring (bicyclic) bond motifs is 1. The summed E-state index contributed by atoms with van der Waals surface area (Å²) in [5.74, 6) is 0. The van der Waals surface area contributed by atoms with Gasteiger partial charge in [0.05, 0.1) is 0 Å². The quantitative estimate of drug-likeness (QED) is 0.299. The maximum atomic E-state index is 3.24. The molecule has 0 amide bonds. The highest BCUT2D eigenvalue weighted by Crippen LogP contribution is 2.20. The number of benzene rings is 3. The van der Waals surface area contributed by atoms with Crippen LogP contribution in [0.1, 0.15) is 16.1 Å². The van der Waals surface area contributed by atoms with E-state index in [9.17, 15) is 0 Å². The molecule has 0 radical (unpaired) electrons. The Balaban J connectivity index is 0.000000252. The average Bonchev–Trinajstić information content (AvgIpc) is 3.07. The van der Waals surface area contributed by atoms with Crippen LogP contribution in [0.25, 0.3) is 16.3 Å². The van der Waals surface area contributed by atoms with E-state index in [0.29, 0.717) is 0 Å². The average molecular weight is 400 g/mol. The number of aryl methyl sites for hydroxylation is 3. The Bertz CT molecular complexity index is 1070. The molecule has 4 rings (SSSR count). The number of hydrogen-bond acceptors (Lipinski definition) is 2. The van der Waals surface area contributed by atoms with Crippen molar-refractivity contribution in [1.82, 2.24) is 0 Å². The lowest BCUT2D eigenvalue weighted by molar-refractivity contribution is -0.642. The SMILES string of the molecule is C[n+]1c(C=CC=CNc2ccccc2)sc2ccccc21.Cc1ccc(C)cc1. The number of nitrogens with zero attached hydrogens (tertiary/aromatic N) is 1. The first-order valence-corrected chi connectivity index (χ1v) is 10.5. The van der Waals surface area contributed by atoms with Gasteiger partial charge in [0.15, 0.2) is 0 Å². The first kappa shape index (κ1) is 20.6. The molecule has 0 spiro atoms. The standard InChI is InChI=1S/C18H16N2S.C8H10/c1-20-16-11-5-6-12-17(16)21-18(20)13-7-8-14-19-15-9-3-2-4-10-15;1-7-3-5-8(2)6-4-7/h2-14H,1H3;3-6H,1-2H3/p+1. The Hall–Kier alpha value is -3.17. The maximum Gasteiger partial charge on any atom is 0.262 e. The zero-order chi connectivity index (χ0) is 20.5. The van der Waals surface area contributed by atoms with Crippen molar-refractivity contribution in [2.75, 3.05) is 5.32 Å². The summed E-state index contributed by atoms with van der Waals surface area (Å²) in [6, 6.07) is 27.1. The van der Waals surface area contributed by atoms with Crippen molar-refractivity contribution in [2.45, 2.75) is 13.8 Å². The summed E-state index contributed by atoms with van der Waals surface area (Å²) in [5, 5.41) is 4.47. The van der Waals surface area contributed by atoms with Crippen LogP contribution in [0.4, 0.5) is 5.69 Å². The first-order chi connectivity index (χ1) is 14.1. The molecule has 3 heteroatoms. The minimum Gasteiger partial charge on any atom is -0.362 e. The molecular formula is C26H27N2S+. The molecule has 146 valence electrons. The van der Waals surface area contributed by atoms with Crippen LogP contribution in [0.5, 0.6) is 0 Å². The molecule has 3 aromatic carbocycles. The van der Waals surface area contributed by atoms with Crippen LogP contribution in [0.15, 0.2) is 97.2 Å². The molecule has 29 heavy (non-hydrogen) atoms. The van der Waals surface area contributed by atoms with Crippen LogP contribution in [0.3, 0.4) is 0 Å². The molecule has 0 atom stereocenters. The summed E-state index contributed by atoms with van der Waals surface area (Å²) in [6.45, 7) is 4.19. The number of aromatic nitrogens is 1. The van der Waals surface area contributed by atoms with Gasteiger partial charge in [0.25, 0.3) is 5.01 Å². The minimum absolute atomic E-state index is 1.09. The second-order valence-electron chi connectivity index (χ2n) is 6.85. The van der Waals surface area contributed by atoms with Crippen molar-refractivity contribution in [3.8, 4) is 0 Å². The molecule has 0 saturated carbocycles. The number of rotatable bonds is 4. The molecule has 0 unspecified atom stereocenters. The number of thiazole rings is 1. The van der Waals surface area contributed by atoms with E-state index in [4.69, 9.17) is 0 Å². The number of hydrogen-bond donors (Lipinski definition) is 1. The third-order valence-corrected chi connectivity index (χ3v) is 5.64. The molecule has 1 N–H and O–H groups in total. The molecule has 1 aromatic heterocycles. The van der Waals surface area contributed by atoms with Crippen LogP contribution in [-0.4, -0.2) is 0 Å². The fraction of sp³-hybridized carbons (Fsp3) is 0.115. The lowest BCUT2D eigenvalue weighted by Crippen LogP contribution is -2.28. The van der Waals surface area contributed by atoms with Gasteiger partial charge < -0.3 is 5.32 Å². The highest BCUT2D eigenvalue weighted by molar-refractivity contribution is 7.18. The van der Waals surface area contributed by atoms with E-state index in [0.717, 1.165) is 5.69 Å². The Labute approximate surface area is 177 Å².